The summed E-state index contributed by atoms with van der Waals surface area (Å²) in [6, 6.07) is 7.98. The molecule has 88 valence electrons. The molecule has 0 N–H and O–H groups in total. The van der Waals surface area contributed by atoms with Crippen LogP contribution in [0.1, 0.15) is 18.7 Å². The summed E-state index contributed by atoms with van der Waals surface area (Å²) >= 11 is 6.13. The molecule has 3 nitrogen and oxygen atoms in total. The zero-order valence-electron chi connectivity index (χ0n) is 9.84. The quantitative estimate of drug-likeness (QED) is 0.833. The Hall–Kier alpha value is -1.61. The highest BCUT2D eigenvalue weighted by Gasteiger charge is 2.15. The molecule has 0 spiro atoms. The number of hydrogen-bond acceptors (Lipinski definition) is 3. The largest absolute Gasteiger partial charge is 0.365 e. The van der Waals surface area contributed by atoms with E-state index in [9.17, 15) is 0 Å². The Morgan fingerprint density at radius 3 is 2.71 bits per heavy atom. The first-order valence-corrected chi connectivity index (χ1v) is 5.81. The summed E-state index contributed by atoms with van der Waals surface area (Å²) in [5.41, 5.74) is 1.97. The molecule has 17 heavy (non-hydrogen) atoms. The molecule has 0 aromatic carbocycles. The molecule has 0 saturated heterocycles. The molecule has 2 aromatic rings. The van der Waals surface area contributed by atoms with Crippen LogP contribution in [0.15, 0.2) is 42.9 Å². The van der Waals surface area contributed by atoms with Crippen LogP contribution in [0.25, 0.3) is 0 Å². The van der Waals surface area contributed by atoms with Gasteiger partial charge in [0.15, 0.2) is 0 Å². The van der Waals surface area contributed by atoms with Crippen LogP contribution < -0.4 is 4.90 Å². The standard InChI is InChI=1S/C13H14ClN3/c1-10(12-5-3-4-7-16-12)17(2)13-6-8-15-9-11(13)14/h3-10H,1-2H3. The number of nitrogens with zero attached hydrogens (tertiary/aromatic N) is 3. The van der Waals surface area contributed by atoms with Gasteiger partial charge in [0.25, 0.3) is 0 Å². The summed E-state index contributed by atoms with van der Waals surface area (Å²) in [6.07, 6.45) is 5.19. The van der Waals surface area contributed by atoms with Gasteiger partial charge in [-0.05, 0) is 25.1 Å². The van der Waals surface area contributed by atoms with Gasteiger partial charge in [0.2, 0.25) is 0 Å². The van der Waals surface area contributed by atoms with Crippen LogP contribution in [-0.2, 0) is 0 Å². The minimum atomic E-state index is 0.163. The number of aromatic nitrogens is 2. The summed E-state index contributed by atoms with van der Waals surface area (Å²) in [4.78, 5) is 10.4. The molecule has 1 atom stereocenters. The first-order chi connectivity index (χ1) is 8.20. The van der Waals surface area contributed by atoms with Gasteiger partial charge in [-0.2, -0.15) is 0 Å². The van der Waals surface area contributed by atoms with E-state index in [4.69, 9.17) is 11.6 Å². The minimum Gasteiger partial charge on any atom is -0.365 e. The maximum Gasteiger partial charge on any atom is 0.0822 e. The third-order valence-corrected chi connectivity index (χ3v) is 3.12. The molecule has 4 heteroatoms. The van der Waals surface area contributed by atoms with Crippen LogP contribution in [0.5, 0.6) is 0 Å². The molecule has 0 saturated carbocycles. The monoisotopic (exact) mass is 247 g/mol. The van der Waals surface area contributed by atoms with E-state index in [1.807, 2.05) is 31.3 Å². The maximum atomic E-state index is 6.13. The van der Waals surface area contributed by atoms with E-state index < -0.39 is 0 Å². The van der Waals surface area contributed by atoms with Gasteiger partial charge in [-0.15, -0.1) is 0 Å². The number of halogens is 1. The fourth-order valence-corrected chi connectivity index (χ4v) is 1.94. The van der Waals surface area contributed by atoms with Crippen LogP contribution in [0.2, 0.25) is 5.02 Å². The van der Waals surface area contributed by atoms with Gasteiger partial charge in [0.05, 0.1) is 22.4 Å². The van der Waals surface area contributed by atoms with Gasteiger partial charge < -0.3 is 4.90 Å². The van der Waals surface area contributed by atoms with E-state index in [1.54, 1.807) is 18.6 Å². The summed E-state index contributed by atoms with van der Waals surface area (Å²) < 4.78 is 0. The van der Waals surface area contributed by atoms with E-state index in [0.717, 1.165) is 11.4 Å². The van der Waals surface area contributed by atoms with Crippen LogP contribution >= 0.6 is 11.6 Å². The van der Waals surface area contributed by atoms with Gasteiger partial charge in [0, 0.05) is 25.6 Å². The van der Waals surface area contributed by atoms with Crippen molar-refractivity contribution < 1.29 is 0 Å². The predicted octanol–water partition coefficient (Wildman–Crippen LogP) is 3.33. The van der Waals surface area contributed by atoms with Crippen LogP contribution in [0.4, 0.5) is 5.69 Å². The molecular formula is C13H14ClN3. The Kier molecular flexibility index (Phi) is 3.59. The van der Waals surface area contributed by atoms with Crippen molar-refractivity contribution in [1.82, 2.24) is 9.97 Å². The molecule has 0 aliphatic rings. The second-order valence-corrected chi connectivity index (χ2v) is 4.28. The Bertz CT molecular complexity index is 487. The van der Waals surface area contributed by atoms with E-state index >= 15 is 0 Å². The molecule has 2 rings (SSSR count). The lowest BCUT2D eigenvalue weighted by molar-refractivity contribution is 0.714. The molecule has 0 aliphatic heterocycles. The highest BCUT2D eigenvalue weighted by molar-refractivity contribution is 6.33. The molecule has 0 fully saturated rings. The second-order valence-electron chi connectivity index (χ2n) is 3.87. The molecule has 0 radical (unpaired) electrons. The first-order valence-electron chi connectivity index (χ1n) is 5.43. The van der Waals surface area contributed by atoms with Crippen LogP contribution in [-0.4, -0.2) is 17.0 Å². The zero-order chi connectivity index (χ0) is 12.3. The van der Waals surface area contributed by atoms with Crippen molar-refractivity contribution in [2.24, 2.45) is 0 Å². The van der Waals surface area contributed by atoms with Gasteiger partial charge in [-0.3, -0.25) is 9.97 Å². The lowest BCUT2D eigenvalue weighted by atomic mass is 10.2. The molecule has 0 amide bonds. The lowest BCUT2D eigenvalue weighted by Gasteiger charge is -2.27. The van der Waals surface area contributed by atoms with Gasteiger partial charge >= 0.3 is 0 Å². The van der Waals surface area contributed by atoms with Crippen molar-refractivity contribution >= 4 is 17.3 Å². The average molecular weight is 248 g/mol. The highest BCUT2D eigenvalue weighted by Crippen LogP contribution is 2.29. The number of hydrogen-bond donors (Lipinski definition) is 0. The van der Waals surface area contributed by atoms with Gasteiger partial charge in [0.1, 0.15) is 0 Å². The van der Waals surface area contributed by atoms with Crippen molar-refractivity contribution in [3.63, 3.8) is 0 Å². The summed E-state index contributed by atoms with van der Waals surface area (Å²) in [5.74, 6) is 0. The van der Waals surface area contributed by atoms with E-state index in [1.165, 1.54) is 0 Å². The van der Waals surface area contributed by atoms with Gasteiger partial charge in [-0.25, -0.2) is 0 Å². The number of pyridine rings is 2. The lowest BCUT2D eigenvalue weighted by Crippen LogP contribution is -2.22. The van der Waals surface area contributed by atoms with Crippen molar-refractivity contribution in [1.29, 1.82) is 0 Å². The molecule has 2 heterocycles. The normalized spacial score (nSPS) is 12.2. The average Bonchev–Trinajstić information content (AvgIpc) is 2.39. The fourth-order valence-electron chi connectivity index (χ4n) is 1.68. The third-order valence-electron chi connectivity index (χ3n) is 2.83. The highest BCUT2D eigenvalue weighted by atomic mass is 35.5. The first kappa shape index (κ1) is 11.9. The van der Waals surface area contributed by atoms with Crippen molar-refractivity contribution in [3.05, 3.63) is 53.6 Å². The molecule has 1 unspecified atom stereocenters. The predicted molar refractivity (Wildman–Crippen MR) is 70.3 cm³/mol. The zero-order valence-corrected chi connectivity index (χ0v) is 10.6. The Morgan fingerprint density at radius 1 is 1.24 bits per heavy atom. The maximum absolute atomic E-state index is 6.13. The van der Waals surface area contributed by atoms with Gasteiger partial charge in [-0.1, -0.05) is 17.7 Å². The van der Waals surface area contributed by atoms with Crippen LogP contribution in [0, 0.1) is 0 Å². The summed E-state index contributed by atoms with van der Waals surface area (Å²) in [7, 11) is 2.00. The number of rotatable bonds is 3. The molecule has 0 aliphatic carbocycles. The van der Waals surface area contributed by atoms with Crippen molar-refractivity contribution in [2.45, 2.75) is 13.0 Å². The second kappa shape index (κ2) is 5.15. The molecule has 2 aromatic heterocycles. The van der Waals surface area contributed by atoms with E-state index in [2.05, 4.69) is 21.8 Å². The van der Waals surface area contributed by atoms with Crippen molar-refractivity contribution in [3.8, 4) is 0 Å². The smallest absolute Gasteiger partial charge is 0.0822 e. The Balaban J connectivity index is 2.27. The summed E-state index contributed by atoms with van der Waals surface area (Å²) in [6.45, 7) is 2.10. The minimum absolute atomic E-state index is 0.163. The van der Waals surface area contributed by atoms with Crippen LogP contribution in [0.3, 0.4) is 0 Å². The van der Waals surface area contributed by atoms with E-state index in [-0.39, 0.29) is 6.04 Å². The third kappa shape index (κ3) is 2.56. The van der Waals surface area contributed by atoms with Crippen molar-refractivity contribution in [2.75, 3.05) is 11.9 Å². The SMILES string of the molecule is CC(c1ccccn1)N(C)c1ccncc1Cl. The molecular weight excluding hydrogens is 234 g/mol. The molecule has 0 bridgehead atoms. The Morgan fingerprint density at radius 2 is 2.06 bits per heavy atom. The topological polar surface area (TPSA) is 29.0 Å². The Labute approximate surface area is 106 Å². The number of anilines is 1. The fraction of sp³-hybridized carbons (Fsp3) is 0.231. The summed E-state index contributed by atoms with van der Waals surface area (Å²) in [5, 5.41) is 0.651. The van der Waals surface area contributed by atoms with E-state index in [0.29, 0.717) is 5.02 Å².